The normalized spacial score (nSPS) is 10.5. The van der Waals surface area contributed by atoms with Gasteiger partial charge < -0.3 is 9.72 Å². The number of fused-ring (bicyclic) bond motifs is 1. The van der Waals surface area contributed by atoms with E-state index in [1.807, 2.05) is 54.6 Å². The van der Waals surface area contributed by atoms with Crippen molar-refractivity contribution >= 4 is 22.8 Å². The third-order valence-electron chi connectivity index (χ3n) is 4.18. The molecule has 7 nitrogen and oxygen atoms in total. The number of aromatic nitrogens is 2. The Bertz CT molecular complexity index is 1100. The van der Waals surface area contributed by atoms with Crippen molar-refractivity contribution in [1.82, 2.24) is 20.8 Å². The van der Waals surface area contributed by atoms with Crippen LogP contribution >= 0.6 is 0 Å². The topological polar surface area (TPSA) is 96.1 Å². The van der Waals surface area contributed by atoms with Crippen molar-refractivity contribution in [1.29, 1.82) is 0 Å². The molecule has 4 rings (SSSR count). The van der Waals surface area contributed by atoms with Crippen LogP contribution in [-0.4, -0.2) is 21.8 Å². The van der Waals surface area contributed by atoms with Gasteiger partial charge >= 0.3 is 0 Å². The molecule has 144 valence electrons. The van der Waals surface area contributed by atoms with Crippen molar-refractivity contribution in [3.05, 3.63) is 90.3 Å². The number of ether oxygens (including phenoxy) is 1. The van der Waals surface area contributed by atoms with E-state index in [9.17, 15) is 9.59 Å². The van der Waals surface area contributed by atoms with Gasteiger partial charge in [0.15, 0.2) is 0 Å². The number of H-pyrrole nitrogens is 1. The maximum atomic E-state index is 12.2. The first-order valence-electron chi connectivity index (χ1n) is 9.03. The number of imidazole rings is 1. The Hall–Kier alpha value is -4.13. The second-order valence-electron chi connectivity index (χ2n) is 6.32. The first-order valence-corrected chi connectivity index (χ1v) is 9.03. The monoisotopic (exact) mass is 386 g/mol. The highest BCUT2D eigenvalue weighted by Gasteiger charge is 2.11. The van der Waals surface area contributed by atoms with Gasteiger partial charge in [0.05, 0.1) is 17.5 Å². The molecule has 1 aromatic heterocycles. The fourth-order valence-corrected chi connectivity index (χ4v) is 2.78. The van der Waals surface area contributed by atoms with Gasteiger partial charge in [-0.05, 0) is 48.5 Å². The molecule has 7 heteroatoms. The van der Waals surface area contributed by atoms with Crippen molar-refractivity contribution in [3.63, 3.8) is 0 Å². The predicted molar refractivity (Wildman–Crippen MR) is 108 cm³/mol. The Labute approximate surface area is 166 Å². The minimum atomic E-state index is -0.422. The first-order chi connectivity index (χ1) is 14.2. The highest BCUT2D eigenvalue weighted by atomic mass is 16.5. The summed E-state index contributed by atoms with van der Waals surface area (Å²) < 4.78 is 5.69. The number of amides is 2. The van der Waals surface area contributed by atoms with Crippen LogP contribution in [0.25, 0.3) is 11.0 Å². The van der Waals surface area contributed by atoms with Crippen LogP contribution in [0.5, 0.6) is 11.5 Å². The van der Waals surface area contributed by atoms with Crippen LogP contribution < -0.4 is 15.6 Å². The van der Waals surface area contributed by atoms with Crippen LogP contribution in [0, 0.1) is 0 Å². The van der Waals surface area contributed by atoms with E-state index in [0.717, 1.165) is 11.0 Å². The fraction of sp³-hybridized carbons (Fsp3) is 0.0455. The molecule has 0 aliphatic heterocycles. The molecule has 3 aromatic carbocycles. The first kappa shape index (κ1) is 18.2. The molecule has 0 saturated carbocycles. The summed E-state index contributed by atoms with van der Waals surface area (Å²) in [5.74, 6) is 1.06. The smallest absolute Gasteiger partial charge is 0.269 e. The van der Waals surface area contributed by atoms with E-state index >= 15 is 0 Å². The van der Waals surface area contributed by atoms with Crippen molar-refractivity contribution in [3.8, 4) is 11.5 Å². The van der Waals surface area contributed by atoms with Crippen LogP contribution in [0.3, 0.4) is 0 Å². The largest absolute Gasteiger partial charge is 0.457 e. The standard InChI is InChI=1S/C22H18N4O3/c27-21(14-20-23-18-8-4-5-9-19(18)24-20)25-26-22(28)15-10-12-17(13-11-15)29-16-6-2-1-3-7-16/h1-13H,14H2,(H,23,24)(H,25,27)(H,26,28). The summed E-state index contributed by atoms with van der Waals surface area (Å²) in [4.78, 5) is 31.7. The van der Waals surface area contributed by atoms with E-state index < -0.39 is 5.91 Å². The lowest BCUT2D eigenvalue weighted by Crippen LogP contribution is -2.42. The van der Waals surface area contributed by atoms with Gasteiger partial charge in [-0.3, -0.25) is 20.4 Å². The van der Waals surface area contributed by atoms with Crippen LogP contribution in [-0.2, 0) is 11.2 Å². The van der Waals surface area contributed by atoms with Gasteiger partial charge in [-0.15, -0.1) is 0 Å². The quantitative estimate of drug-likeness (QED) is 0.458. The summed E-state index contributed by atoms with van der Waals surface area (Å²) in [6.07, 6.45) is 0.0266. The van der Waals surface area contributed by atoms with Crippen molar-refractivity contribution in [2.45, 2.75) is 6.42 Å². The maximum Gasteiger partial charge on any atom is 0.269 e. The van der Waals surface area contributed by atoms with Gasteiger partial charge in [0.1, 0.15) is 17.3 Å². The Balaban J connectivity index is 1.30. The Morgan fingerprint density at radius 2 is 1.52 bits per heavy atom. The van der Waals surface area contributed by atoms with Gasteiger partial charge in [0, 0.05) is 5.56 Å². The van der Waals surface area contributed by atoms with Gasteiger partial charge in [-0.2, -0.15) is 0 Å². The predicted octanol–water partition coefficient (Wildman–Crippen LogP) is 3.36. The van der Waals surface area contributed by atoms with Crippen LogP contribution in [0.4, 0.5) is 0 Å². The van der Waals surface area contributed by atoms with E-state index in [-0.39, 0.29) is 12.3 Å². The van der Waals surface area contributed by atoms with E-state index in [1.165, 1.54) is 0 Å². The van der Waals surface area contributed by atoms with Gasteiger partial charge in [0.2, 0.25) is 5.91 Å². The second kappa shape index (κ2) is 8.26. The van der Waals surface area contributed by atoms with Crippen molar-refractivity contribution < 1.29 is 14.3 Å². The molecular formula is C22H18N4O3. The zero-order valence-corrected chi connectivity index (χ0v) is 15.4. The summed E-state index contributed by atoms with van der Waals surface area (Å²) in [6, 6.07) is 23.5. The number of hydrazine groups is 1. The number of hydrogen-bond acceptors (Lipinski definition) is 4. The average Bonchev–Trinajstić information content (AvgIpc) is 3.15. The SMILES string of the molecule is O=C(Cc1nc2ccccc2[nH]1)NNC(=O)c1ccc(Oc2ccccc2)cc1. The number of hydrogen-bond donors (Lipinski definition) is 3. The lowest BCUT2D eigenvalue weighted by atomic mass is 10.2. The van der Waals surface area contributed by atoms with E-state index in [0.29, 0.717) is 22.9 Å². The van der Waals surface area contributed by atoms with E-state index in [1.54, 1.807) is 24.3 Å². The molecule has 0 bridgehead atoms. The van der Waals surface area contributed by atoms with Crippen molar-refractivity contribution in [2.75, 3.05) is 0 Å². The van der Waals surface area contributed by atoms with E-state index in [4.69, 9.17) is 4.74 Å². The summed E-state index contributed by atoms with van der Waals surface area (Å²) in [5, 5.41) is 0. The number of aromatic amines is 1. The fourth-order valence-electron chi connectivity index (χ4n) is 2.78. The molecule has 0 unspecified atom stereocenters. The highest BCUT2D eigenvalue weighted by Crippen LogP contribution is 2.21. The number of nitrogens with one attached hydrogen (secondary N) is 3. The molecular weight excluding hydrogens is 368 g/mol. The molecule has 0 atom stereocenters. The number of benzene rings is 3. The molecule has 0 saturated heterocycles. The molecule has 0 aliphatic carbocycles. The lowest BCUT2D eigenvalue weighted by Gasteiger charge is -2.08. The van der Waals surface area contributed by atoms with Crippen LogP contribution in [0.2, 0.25) is 0 Å². The third kappa shape index (κ3) is 4.59. The molecule has 0 spiro atoms. The Kier molecular flexibility index (Phi) is 5.20. The highest BCUT2D eigenvalue weighted by molar-refractivity contribution is 5.95. The van der Waals surface area contributed by atoms with Crippen LogP contribution in [0.1, 0.15) is 16.2 Å². The van der Waals surface area contributed by atoms with E-state index in [2.05, 4.69) is 20.8 Å². The summed E-state index contributed by atoms with van der Waals surface area (Å²) in [6.45, 7) is 0. The summed E-state index contributed by atoms with van der Waals surface area (Å²) in [5.41, 5.74) is 6.84. The molecule has 3 N–H and O–H groups in total. The molecule has 4 aromatic rings. The maximum absolute atomic E-state index is 12.2. The summed E-state index contributed by atoms with van der Waals surface area (Å²) >= 11 is 0. The minimum Gasteiger partial charge on any atom is -0.457 e. The number of carbonyl (C=O) groups is 2. The molecule has 0 radical (unpaired) electrons. The molecule has 0 fully saturated rings. The average molecular weight is 386 g/mol. The molecule has 2 amide bonds. The number of carbonyl (C=O) groups excluding carboxylic acids is 2. The number of nitrogens with zero attached hydrogens (tertiary/aromatic N) is 1. The van der Waals surface area contributed by atoms with Crippen LogP contribution in [0.15, 0.2) is 78.9 Å². The third-order valence-corrected chi connectivity index (χ3v) is 4.18. The Morgan fingerprint density at radius 1 is 0.828 bits per heavy atom. The minimum absolute atomic E-state index is 0.0266. The molecule has 1 heterocycles. The van der Waals surface area contributed by atoms with Gasteiger partial charge in [-0.25, -0.2) is 4.98 Å². The second-order valence-corrected chi connectivity index (χ2v) is 6.32. The molecule has 0 aliphatic rings. The number of para-hydroxylation sites is 3. The lowest BCUT2D eigenvalue weighted by molar-refractivity contribution is -0.121. The van der Waals surface area contributed by atoms with Crippen molar-refractivity contribution in [2.24, 2.45) is 0 Å². The summed E-state index contributed by atoms with van der Waals surface area (Å²) in [7, 11) is 0. The molecule has 29 heavy (non-hydrogen) atoms. The van der Waals surface area contributed by atoms with Gasteiger partial charge in [0.25, 0.3) is 5.91 Å². The number of rotatable bonds is 5. The Morgan fingerprint density at radius 3 is 2.28 bits per heavy atom. The zero-order chi connectivity index (χ0) is 20.1. The zero-order valence-electron chi connectivity index (χ0n) is 15.4. The van der Waals surface area contributed by atoms with Gasteiger partial charge in [-0.1, -0.05) is 30.3 Å².